The number of nitrogens with zero attached hydrogens (tertiary/aromatic N) is 1. The summed E-state index contributed by atoms with van der Waals surface area (Å²) in [5, 5.41) is 8.63. The summed E-state index contributed by atoms with van der Waals surface area (Å²) >= 11 is 1.79. The topological polar surface area (TPSA) is 23.5 Å². The second kappa shape index (κ2) is 8.15. The SMILES string of the molecule is CSCCN(C)Cc1cc(F)cc(C#CCO)c1. The standard InChI is InChI=1S/C14H18FNOS/c1-16(5-7-18-2)11-13-8-12(4-3-6-17)9-14(15)10-13/h8-10,17H,5-7,11H2,1-2H3. The molecule has 0 saturated heterocycles. The van der Waals surface area contributed by atoms with Crippen molar-refractivity contribution in [3.8, 4) is 11.8 Å². The molecule has 0 spiro atoms. The van der Waals surface area contributed by atoms with E-state index in [1.54, 1.807) is 11.8 Å². The number of halogens is 1. The quantitative estimate of drug-likeness (QED) is 0.825. The number of aliphatic hydroxyl groups excluding tert-OH is 1. The summed E-state index contributed by atoms with van der Waals surface area (Å²) in [5.41, 5.74) is 1.51. The van der Waals surface area contributed by atoms with E-state index in [1.807, 2.05) is 13.1 Å². The Morgan fingerprint density at radius 3 is 2.83 bits per heavy atom. The van der Waals surface area contributed by atoms with Crippen LogP contribution in [0.5, 0.6) is 0 Å². The lowest BCUT2D eigenvalue weighted by Crippen LogP contribution is -2.20. The Labute approximate surface area is 112 Å². The fraction of sp³-hybridized carbons (Fsp3) is 0.429. The highest BCUT2D eigenvalue weighted by atomic mass is 32.2. The smallest absolute Gasteiger partial charge is 0.124 e. The van der Waals surface area contributed by atoms with Gasteiger partial charge in [-0.3, -0.25) is 0 Å². The predicted octanol–water partition coefficient (Wildman–Crippen LogP) is 1.96. The Morgan fingerprint density at radius 2 is 2.17 bits per heavy atom. The molecular weight excluding hydrogens is 249 g/mol. The van der Waals surface area contributed by atoms with Crippen LogP contribution in [0.15, 0.2) is 18.2 Å². The molecule has 0 radical (unpaired) electrons. The van der Waals surface area contributed by atoms with Crippen LogP contribution in [0, 0.1) is 17.7 Å². The van der Waals surface area contributed by atoms with E-state index in [4.69, 9.17) is 5.11 Å². The normalized spacial score (nSPS) is 10.3. The lowest BCUT2D eigenvalue weighted by molar-refractivity contribution is 0.348. The molecule has 0 fully saturated rings. The molecule has 1 aromatic rings. The molecule has 0 heterocycles. The molecule has 0 unspecified atom stereocenters. The first-order valence-electron chi connectivity index (χ1n) is 5.72. The van der Waals surface area contributed by atoms with Crippen LogP contribution in [-0.4, -0.2) is 42.2 Å². The van der Waals surface area contributed by atoms with E-state index >= 15 is 0 Å². The van der Waals surface area contributed by atoms with Crippen molar-refractivity contribution in [2.24, 2.45) is 0 Å². The van der Waals surface area contributed by atoms with Gasteiger partial charge in [0.1, 0.15) is 12.4 Å². The van der Waals surface area contributed by atoms with Crippen LogP contribution in [0.3, 0.4) is 0 Å². The summed E-state index contributed by atoms with van der Waals surface area (Å²) < 4.78 is 13.4. The van der Waals surface area contributed by atoms with Crippen molar-refractivity contribution in [2.75, 3.05) is 32.2 Å². The predicted molar refractivity (Wildman–Crippen MR) is 75.1 cm³/mol. The molecule has 0 aliphatic heterocycles. The molecule has 4 heteroatoms. The van der Waals surface area contributed by atoms with Crippen molar-refractivity contribution in [2.45, 2.75) is 6.54 Å². The van der Waals surface area contributed by atoms with Crippen molar-refractivity contribution in [1.82, 2.24) is 4.90 Å². The van der Waals surface area contributed by atoms with Gasteiger partial charge in [0.25, 0.3) is 0 Å². The van der Waals surface area contributed by atoms with E-state index in [-0.39, 0.29) is 12.4 Å². The van der Waals surface area contributed by atoms with Gasteiger partial charge >= 0.3 is 0 Å². The van der Waals surface area contributed by atoms with Crippen molar-refractivity contribution >= 4 is 11.8 Å². The first kappa shape index (κ1) is 15.0. The molecule has 0 aromatic heterocycles. The minimum Gasteiger partial charge on any atom is -0.384 e. The molecule has 0 atom stereocenters. The summed E-state index contributed by atoms with van der Waals surface area (Å²) in [6.45, 7) is 1.46. The van der Waals surface area contributed by atoms with E-state index in [9.17, 15) is 4.39 Å². The van der Waals surface area contributed by atoms with E-state index in [0.717, 1.165) is 17.9 Å². The van der Waals surface area contributed by atoms with Gasteiger partial charge in [0.05, 0.1) is 0 Å². The number of benzene rings is 1. The molecule has 0 saturated carbocycles. The number of hydrogen-bond donors (Lipinski definition) is 1. The molecular formula is C14H18FNOS. The van der Waals surface area contributed by atoms with Crippen LogP contribution < -0.4 is 0 Å². The van der Waals surface area contributed by atoms with Crippen molar-refractivity contribution in [3.05, 3.63) is 35.1 Å². The average Bonchev–Trinajstić information content (AvgIpc) is 2.33. The number of aliphatic hydroxyl groups is 1. The van der Waals surface area contributed by atoms with Gasteiger partial charge in [-0.2, -0.15) is 11.8 Å². The molecule has 2 nitrogen and oxygen atoms in total. The van der Waals surface area contributed by atoms with E-state index < -0.39 is 0 Å². The Morgan fingerprint density at radius 1 is 1.39 bits per heavy atom. The molecule has 0 aliphatic carbocycles. The minimum atomic E-state index is -0.284. The third-order valence-corrected chi connectivity index (χ3v) is 2.99. The van der Waals surface area contributed by atoms with Crippen LogP contribution >= 0.6 is 11.8 Å². The minimum absolute atomic E-state index is 0.209. The molecule has 1 aromatic carbocycles. The summed E-state index contributed by atoms with van der Waals surface area (Å²) in [5.74, 6) is 6.03. The van der Waals surface area contributed by atoms with Crippen LogP contribution in [0.1, 0.15) is 11.1 Å². The fourth-order valence-electron chi connectivity index (χ4n) is 1.59. The summed E-state index contributed by atoms with van der Waals surface area (Å²) in [6, 6.07) is 4.77. The van der Waals surface area contributed by atoms with Gasteiger partial charge in [-0.25, -0.2) is 4.39 Å². The Kier molecular flexibility index (Phi) is 6.81. The molecule has 0 bridgehead atoms. The first-order chi connectivity index (χ1) is 8.65. The summed E-state index contributed by atoms with van der Waals surface area (Å²) in [7, 11) is 2.01. The third-order valence-electron chi connectivity index (χ3n) is 2.40. The van der Waals surface area contributed by atoms with Crippen molar-refractivity contribution < 1.29 is 9.50 Å². The van der Waals surface area contributed by atoms with Crippen LogP contribution in [0.25, 0.3) is 0 Å². The van der Waals surface area contributed by atoms with E-state index in [1.165, 1.54) is 12.1 Å². The zero-order chi connectivity index (χ0) is 13.4. The van der Waals surface area contributed by atoms with Crippen molar-refractivity contribution in [1.29, 1.82) is 0 Å². The van der Waals surface area contributed by atoms with Gasteiger partial charge in [-0.1, -0.05) is 11.8 Å². The number of rotatable bonds is 5. The molecule has 18 heavy (non-hydrogen) atoms. The van der Waals surface area contributed by atoms with Gasteiger partial charge in [-0.05, 0) is 37.1 Å². The van der Waals surface area contributed by atoms with Crippen LogP contribution in [0.2, 0.25) is 0 Å². The average molecular weight is 267 g/mol. The number of thioether (sulfide) groups is 1. The zero-order valence-electron chi connectivity index (χ0n) is 10.7. The molecule has 1 rings (SSSR count). The van der Waals surface area contributed by atoms with Crippen LogP contribution in [-0.2, 0) is 6.54 Å². The Hall–Kier alpha value is -1.02. The Balaban J connectivity index is 2.73. The van der Waals surface area contributed by atoms with Gasteiger partial charge in [0.2, 0.25) is 0 Å². The lowest BCUT2D eigenvalue weighted by Gasteiger charge is -2.16. The Bertz CT molecular complexity index is 439. The maximum absolute atomic E-state index is 13.4. The second-order valence-corrected chi connectivity index (χ2v) is 5.02. The molecule has 0 aliphatic rings. The van der Waals surface area contributed by atoms with Crippen LogP contribution in [0.4, 0.5) is 4.39 Å². The van der Waals surface area contributed by atoms with Gasteiger partial charge in [0, 0.05) is 24.4 Å². The first-order valence-corrected chi connectivity index (χ1v) is 7.11. The maximum atomic E-state index is 13.4. The second-order valence-electron chi connectivity index (χ2n) is 4.04. The van der Waals surface area contributed by atoms with E-state index in [2.05, 4.69) is 23.0 Å². The van der Waals surface area contributed by atoms with Gasteiger partial charge in [0.15, 0.2) is 0 Å². The van der Waals surface area contributed by atoms with Crippen molar-refractivity contribution in [3.63, 3.8) is 0 Å². The fourth-order valence-corrected chi connectivity index (χ4v) is 2.09. The maximum Gasteiger partial charge on any atom is 0.124 e. The number of hydrogen-bond acceptors (Lipinski definition) is 3. The summed E-state index contributed by atoms with van der Waals surface area (Å²) in [6.07, 6.45) is 2.07. The third kappa shape index (κ3) is 5.54. The highest BCUT2D eigenvalue weighted by molar-refractivity contribution is 7.98. The van der Waals surface area contributed by atoms with E-state index in [0.29, 0.717) is 12.1 Å². The van der Waals surface area contributed by atoms with Gasteiger partial charge in [-0.15, -0.1) is 0 Å². The highest BCUT2D eigenvalue weighted by Crippen LogP contribution is 2.10. The monoisotopic (exact) mass is 267 g/mol. The highest BCUT2D eigenvalue weighted by Gasteiger charge is 2.03. The zero-order valence-corrected chi connectivity index (χ0v) is 11.6. The molecule has 0 amide bonds. The lowest BCUT2D eigenvalue weighted by atomic mass is 10.1. The summed E-state index contributed by atoms with van der Waals surface area (Å²) in [4.78, 5) is 2.15. The molecule has 1 N–H and O–H groups in total. The largest absolute Gasteiger partial charge is 0.384 e. The van der Waals surface area contributed by atoms with Gasteiger partial charge < -0.3 is 10.0 Å². The molecule has 98 valence electrons.